The minimum Gasteiger partial charge on any atom is -0.478 e. The smallest absolute Gasteiger partial charge is 0.335 e. The van der Waals surface area contributed by atoms with E-state index in [4.69, 9.17) is 5.11 Å². The van der Waals surface area contributed by atoms with Gasteiger partial charge in [-0.2, -0.15) is 0 Å². The van der Waals surface area contributed by atoms with Crippen molar-refractivity contribution < 1.29 is 23.1 Å². The van der Waals surface area contributed by atoms with Crippen LogP contribution in [0.3, 0.4) is 0 Å². The molecule has 0 saturated heterocycles. The Hall–Kier alpha value is -1.52. The molecule has 0 radical (unpaired) electrons. The third kappa shape index (κ3) is 1.38. The summed E-state index contributed by atoms with van der Waals surface area (Å²) in [5, 5.41) is 8.71. The molecule has 1 aliphatic carbocycles. The lowest BCUT2D eigenvalue weighted by Crippen LogP contribution is -2.14. The number of alkyl halides is 2. The molecule has 0 bridgehead atoms. The first-order valence-corrected chi connectivity index (χ1v) is 4.69. The van der Waals surface area contributed by atoms with Gasteiger partial charge in [0.1, 0.15) is 5.82 Å². The van der Waals surface area contributed by atoms with Crippen molar-refractivity contribution in [1.82, 2.24) is 0 Å². The molecule has 0 aliphatic heterocycles. The molecule has 1 aliphatic rings. The van der Waals surface area contributed by atoms with Gasteiger partial charge < -0.3 is 5.11 Å². The van der Waals surface area contributed by atoms with E-state index in [1.807, 2.05) is 0 Å². The maximum Gasteiger partial charge on any atom is 0.335 e. The molecule has 1 fully saturated rings. The highest BCUT2D eigenvalue weighted by Crippen LogP contribution is 2.61. The van der Waals surface area contributed by atoms with Crippen LogP contribution in [0.2, 0.25) is 0 Å². The zero-order valence-electron chi connectivity index (χ0n) is 8.43. The number of hydrogen-bond donors (Lipinski definition) is 1. The number of rotatable bonds is 2. The fraction of sp³-hybridized carbons (Fsp3) is 0.364. The highest BCUT2D eigenvalue weighted by Gasteiger charge is 2.69. The molecule has 1 unspecified atom stereocenters. The molecular formula is C11H9F3O2. The van der Waals surface area contributed by atoms with Gasteiger partial charge in [0.15, 0.2) is 0 Å². The molecule has 0 spiro atoms. The summed E-state index contributed by atoms with van der Waals surface area (Å²) in [5.74, 6) is -5.00. The van der Waals surface area contributed by atoms with E-state index in [9.17, 15) is 18.0 Å². The molecule has 1 aromatic rings. The second-order valence-electron chi connectivity index (χ2n) is 4.21. The van der Waals surface area contributed by atoms with Crippen LogP contribution in [0, 0.1) is 5.82 Å². The molecule has 1 atom stereocenters. The highest BCUT2D eigenvalue weighted by atomic mass is 19.3. The summed E-state index contributed by atoms with van der Waals surface area (Å²) in [6, 6.07) is 2.96. The van der Waals surface area contributed by atoms with Gasteiger partial charge in [-0.15, -0.1) is 0 Å². The molecule has 86 valence electrons. The predicted octanol–water partition coefficient (Wildman–Crippen LogP) is 2.82. The van der Waals surface area contributed by atoms with Crippen molar-refractivity contribution in [3.63, 3.8) is 0 Å². The Morgan fingerprint density at radius 1 is 1.44 bits per heavy atom. The lowest BCUT2D eigenvalue weighted by molar-refractivity contribution is 0.0695. The normalized spacial score (nSPS) is 26.5. The van der Waals surface area contributed by atoms with Crippen LogP contribution in [0.4, 0.5) is 13.2 Å². The highest BCUT2D eigenvalue weighted by molar-refractivity contribution is 5.87. The van der Waals surface area contributed by atoms with Crippen LogP contribution in [0.5, 0.6) is 0 Å². The zero-order chi connectivity index (χ0) is 12.1. The first kappa shape index (κ1) is 11.0. The summed E-state index contributed by atoms with van der Waals surface area (Å²) in [7, 11) is 0. The van der Waals surface area contributed by atoms with Crippen LogP contribution >= 0.6 is 0 Å². The molecule has 2 rings (SSSR count). The van der Waals surface area contributed by atoms with Crippen LogP contribution in [0.15, 0.2) is 18.2 Å². The minimum absolute atomic E-state index is 0.180. The van der Waals surface area contributed by atoms with Gasteiger partial charge in [-0.1, -0.05) is 0 Å². The van der Waals surface area contributed by atoms with Gasteiger partial charge in [-0.25, -0.2) is 18.0 Å². The van der Waals surface area contributed by atoms with Gasteiger partial charge in [-0.05, 0) is 25.1 Å². The molecule has 16 heavy (non-hydrogen) atoms. The Labute approximate surface area is 89.7 Å². The number of benzene rings is 1. The van der Waals surface area contributed by atoms with Crippen molar-refractivity contribution in [3.05, 3.63) is 35.1 Å². The second-order valence-corrected chi connectivity index (χ2v) is 4.21. The first-order chi connectivity index (χ1) is 7.28. The van der Waals surface area contributed by atoms with E-state index in [0.29, 0.717) is 0 Å². The summed E-state index contributed by atoms with van der Waals surface area (Å²) in [6.45, 7) is 1.23. The Kier molecular flexibility index (Phi) is 2.05. The Bertz CT molecular complexity index is 470. The van der Waals surface area contributed by atoms with Crippen molar-refractivity contribution in [2.75, 3.05) is 0 Å². The molecule has 1 aromatic carbocycles. The third-order valence-corrected chi connectivity index (χ3v) is 3.07. The molecule has 2 nitrogen and oxygen atoms in total. The molecular weight excluding hydrogens is 221 g/mol. The number of halogens is 3. The summed E-state index contributed by atoms with van der Waals surface area (Å²) in [5.41, 5.74) is -1.97. The summed E-state index contributed by atoms with van der Waals surface area (Å²) in [6.07, 6.45) is -0.444. The molecule has 0 aromatic heterocycles. The summed E-state index contributed by atoms with van der Waals surface area (Å²) < 4.78 is 39.5. The standard InChI is InChI=1S/C11H9F3O2/c1-10(5-11(10,13)14)7-4-6(9(15)16)2-3-8(7)12/h2-4H,5H2,1H3,(H,15,16). The van der Waals surface area contributed by atoms with Gasteiger partial charge in [0.25, 0.3) is 5.92 Å². The number of hydrogen-bond acceptors (Lipinski definition) is 1. The van der Waals surface area contributed by atoms with Crippen LogP contribution in [-0.4, -0.2) is 17.0 Å². The third-order valence-electron chi connectivity index (χ3n) is 3.07. The van der Waals surface area contributed by atoms with Crippen molar-refractivity contribution in [2.24, 2.45) is 0 Å². The number of aromatic carboxylic acids is 1. The lowest BCUT2D eigenvalue weighted by Gasteiger charge is -2.12. The average molecular weight is 230 g/mol. The number of carboxylic acids is 1. The minimum atomic E-state index is -2.95. The predicted molar refractivity (Wildman–Crippen MR) is 50.3 cm³/mol. The Morgan fingerprint density at radius 2 is 2.00 bits per heavy atom. The Morgan fingerprint density at radius 3 is 2.44 bits per heavy atom. The molecule has 1 saturated carbocycles. The maximum atomic E-state index is 13.4. The van der Waals surface area contributed by atoms with E-state index in [-0.39, 0.29) is 11.1 Å². The fourth-order valence-corrected chi connectivity index (χ4v) is 1.77. The van der Waals surface area contributed by atoms with Crippen molar-refractivity contribution >= 4 is 5.97 Å². The van der Waals surface area contributed by atoms with Gasteiger partial charge in [0.2, 0.25) is 0 Å². The van der Waals surface area contributed by atoms with Crippen molar-refractivity contribution in [2.45, 2.75) is 24.7 Å². The maximum absolute atomic E-state index is 13.4. The van der Waals surface area contributed by atoms with Crippen LogP contribution in [0.1, 0.15) is 29.3 Å². The van der Waals surface area contributed by atoms with E-state index in [1.165, 1.54) is 6.92 Å². The van der Waals surface area contributed by atoms with E-state index >= 15 is 0 Å². The number of carbonyl (C=O) groups is 1. The van der Waals surface area contributed by atoms with E-state index in [2.05, 4.69) is 0 Å². The largest absolute Gasteiger partial charge is 0.478 e. The van der Waals surface area contributed by atoms with Crippen LogP contribution in [0.25, 0.3) is 0 Å². The average Bonchev–Trinajstić information content (AvgIpc) is 2.67. The van der Waals surface area contributed by atoms with Gasteiger partial charge in [0.05, 0.1) is 11.0 Å². The number of carboxylic acid groups (broad SMARTS) is 1. The lowest BCUT2D eigenvalue weighted by atomic mass is 9.95. The Balaban J connectivity index is 2.50. The van der Waals surface area contributed by atoms with Crippen LogP contribution in [-0.2, 0) is 5.41 Å². The topological polar surface area (TPSA) is 37.3 Å². The fourth-order valence-electron chi connectivity index (χ4n) is 1.77. The molecule has 1 N–H and O–H groups in total. The SMILES string of the molecule is CC1(c2cc(C(=O)O)ccc2F)CC1(F)F. The van der Waals surface area contributed by atoms with Crippen molar-refractivity contribution in [3.8, 4) is 0 Å². The monoisotopic (exact) mass is 230 g/mol. The van der Waals surface area contributed by atoms with Crippen LogP contribution < -0.4 is 0 Å². The van der Waals surface area contributed by atoms with Gasteiger partial charge in [-0.3, -0.25) is 0 Å². The first-order valence-electron chi connectivity index (χ1n) is 4.69. The summed E-state index contributed by atoms with van der Waals surface area (Å²) in [4.78, 5) is 10.7. The zero-order valence-corrected chi connectivity index (χ0v) is 8.43. The van der Waals surface area contributed by atoms with Gasteiger partial charge >= 0.3 is 5.97 Å². The molecule has 0 amide bonds. The molecule has 5 heteroatoms. The quantitative estimate of drug-likeness (QED) is 0.848. The molecule has 0 heterocycles. The second kappa shape index (κ2) is 2.99. The van der Waals surface area contributed by atoms with E-state index < -0.39 is 29.5 Å². The van der Waals surface area contributed by atoms with Gasteiger partial charge in [0, 0.05) is 12.0 Å². The van der Waals surface area contributed by atoms with E-state index in [0.717, 1.165) is 18.2 Å². The summed E-state index contributed by atoms with van der Waals surface area (Å²) >= 11 is 0. The van der Waals surface area contributed by atoms with E-state index in [1.54, 1.807) is 0 Å². The van der Waals surface area contributed by atoms with Crippen molar-refractivity contribution in [1.29, 1.82) is 0 Å².